The van der Waals surface area contributed by atoms with Crippen LogP contribution < -0.4 is 5.32 Å². The van der Waals surface area contributed by atoms with Gasteiger partial charge < -0.3 is 10.4 Å². The van der Waals surface area contributed by atoms with Crippen molar-refractivity contribution in [3.63, 3.8) is 0 Å². The molecule has 1 fully saturated rings. The lowest BCUT2D eigenvalue weighted by atomic mass is 9.76. The third kappa shape index (κ3) is 3.44. The van der Waals surface area contributed by atoms with Gasteiger partial charge in [-0.25, -0.2) is 0 Å². The van der Waals surface area contributed by atoms with Gasteiger partial charge in [0.15, 0.2) is 0 Å². The Balaban J connectivity index is 2.56. The van der Waals surface area contributed by atoms with E-state index < -0.39 is 0 Å². The largest absolute Gasteiger partial charge is 0.396 e. The molecule has 100 valence electrons. The number of rotatable bonds is 5. The Hall–Kier alpha value is -0.570. The van der Waals surface area contributed by atoms with Crippen molar-refractivity contribution >= 4 is 5.91 Å². The molecule has 1 amide bonds. The van der Waals surface area contributed by atoms with Crippen LogP contribution in [0.2, 0.25) is 0 Å². The van der Waals surface area contributed by atoms with Crippen molar-refractivity contribution in [1.82, 2.24) is 5.32 Å². The molecule has 1 aliphatic rings. The zero-order valence-electron chi connectivity index (χ0n) is 11.6. The normalized spacial score (nSPS) is 21.2. The second-order valence-corrected chi connectivity index (χ2v) is 6.13. The first-order valence-electron chi connectivity index (χ1n) is 6.81. The summed E-state index contributed by atoms with van der Waals surface area (Å²) in [4.78, 5) is 12.3. The minimum atomic E-state index is -0.278. The summed E-state index contributed by atoms with van der Waals surface area (Å²) in [6.07, 6.45) is 4.85. The van der Waals surface area contributed by atoms with Gasteiger partial charge in [0.05, 0.1) is 0 Å². The Bertz CT molecular complexity index is 257. The molecule has 0 aliphatic heterocycles. The fourth-order valence-corrected chi connectivity index (χ4v) is 2.53. The second kappa shape index (κ2) is 5.85. The zero-order chi connectivity index (χ0) is 13.1. The van der Waals surface area contributed by atoms with Crippen molar-refractivity contribution in [2.75, 3.05) is 6.61 Å². The highest BCUT2D eigenvalue weighted by molar-refractivity contribution is 5.82. The first-order valence-corrected chi connectivity index (χ1v) is 6.81. The van der Waals surface area contributed by atoms with E-state index in [4.69, 9.17) is 5.11 Å². The molecule has 0 aromatic heterocycles. The fourth-order valence-electron chi connectivity index (χ4n) is 2.53. The molecule has 3 heteroatoms. The molecule has 1 rings (SSSR count). The van der Waals surface area contributed by atoms with Crippen molar-refractivity contribution in [3.05, 3.63) is 0 Å². The van der Waals surface area contributed by atoms with Gasteiger partial charge in [-0.2, -0.15) is 0 Å². The zero-order valence-corrected chi connectivity index (χ0v) is 11.6. The Morgan fingerprint density at radius 2 is 1.88 bits per heavy atom. The number of aliphatic hydroxyl groups is 1. The van der Waals surface area contributed by atoms with E-state index in [1.807, 2.05) is 13.8 Å². The SMILES string of the molecule is CC(CO)C(C)NC(=O)C(C)(C)C1CCCC1. The highest BCUT2D eigenvalue weighted by atomic mass is 16.3. The van der Waals surface area contributed by atoms with E-state index in [1.165, 1.54) is 25.7 Å². The van der Waals surface area contributed by atoms with E-state index in [0.29, 0.717) is 5.92 Å². The van der Waals surface area contributed by atoms with Gasteiger partial charge >= 0.3 is 0 Å². The Morgan fingerprint density at radius 3 is 2.35 bits per heavy atom. The van der Waals surface area contributed by atoms with Crippen LogP contribution in [0.25, 0.3) is 0 Å². The summed E-state index contributed by atoms with van der Waals surface area (Å²) in [6, 6.07) is 0.0354. The predicted molar refractivity (Wildman–Crippen MR) is 69.6 cm³/mol. The van der Waals surface area contributed by atoms with Crippen LogP contribution in [-0.4, -0.2) is 23.7 Å². The molecule has 0 aromatic rings. The van der Waals surface area contributed by atoms with Crippen LogP contribution in [-0.2, 0) is 4.79 Å². The molecule has 2 N–H and O–H groups in total. The first kappa shape index (κ1) is 14.5. The smallest absolute Gasteiger partial charge is 0.226 e. The van der Waals surface area contributed by atoms with E-state index in [2.05, 4.69) is 19.2 Å². The number of carbonyl (C=O) groups excluding carboxylic acids is 1. The molecule has 3 nitrogen and oxygen atoms in total. The maximum absolute atomic E-state index is 12.3. The lowest BCUT2D eigenvalue weighted by Crippen LogP contribution is -2.47. The monoisotopic (exact) mass is 241 g/mol. The third-order valence-electron chi connectivity index (χ3n) is 4.46. The maximum atomic E-state index is 12.3. The van der Waals surface area contributed by atoms with Crippen LogP contribution in [0.5, 0.6) is 0 Å². The second-order valence-electron chi connectivity index (χ2n) is 6.13. The molecule has 17 heavy (non-hydrogen) atoms. The predicted octanol–water partition coefficient (Wildman–Crippen LogP) is 2.34. The molecule has 0 spiro atoms. The Morgan fingerprint density at radius 1 is 1.35 bits per heavy atom. The van der Waals surface area contributed by atoms with Crippen molar-refractivity contribution in [3.8, 4) is 0 Å². The molecule has 0 saturated heterocycles. The standard InChI is InChI=1S/C14H27NO2/c1-10(9-16)11(2)15-13(17)14(3,4)12-7-5-6-8-12/h10-12,16H,5-9H2,1-4H3,(H,15,17). The molecule has 0 aromatic carbocycles. The number of hydrogen-bond acceptors (Lipinski definition) is 2. The summed E-state index contributed by atoms with van der Waals surface area (Å²) in [5.74, 6) is 0.759. The Kier molecular flexibility index (Phi) is 4.99. The average Bonchev–Trinajstić information content (AvgIpc) is 2.81. The van der Waals surface area contributed by atoms with Crippen LogP contribution >= 0.6 is 0 Å². The summed E-state index contributed by atoms with van der Waals surface area (Å²) >= 11 is 0. The summed E-state index contributed by atoms with van der Waals surface area (Å²) in [6.45, 7) is 8.13. The molecule has 0 bridgehead atoms. The highest BCUT2D eigenvalue weighted by Gasteiger charge is 2.38. The minimum Gasteiger partial charge on any atom is -0.396 e. The van der Waals surface area contributed by atoms with Gasteiger partial charge in [-0.05, 0) is 31.6 Å². The average molecular weight is 241 g/mol. The van der Waals surface area contributed by atoms with Crippen molar-refractivity contribution < 1.29 is 9.90 Å². The number of carbonyl (C=O) groups is 1. The van der Waals surface area contributed by atoms with Gasteiger partial charge in [-0.3, -0.25) is 4.79 Å². The lowest BCUT2D eigenvalue weighted by Gasteiger charge is -2.32. The molecular weight excluding hydrogens is 214 g/mol. The molecular formula is C14H27NO2. The molecule has 0 heterocycles. The Labute approximate surface area is 105 Å². The van der Waals surface area contributed by atoms with Gasteiger partial charge in [-0.15, -0.1) is 0 Å². The van der Waals surface area contributed by atoms with Crippen LogP contribution in [0.3, 0.4) is 0 Å². The van der Waals surface area contributed by atoms with Gasteiger partial charge in [0.1, 0.15) is 0 Å². The molecule has 2 atom stereocenters. The lowest BCUT2D eigenvalue weighted by molar-refractivity contribution is -0.133. The van der Waals surface area contributed by atoms with E-state index in [1.54, 1.807) is 0 Å². The van der Waals surface area contributed by atoms with Crippen LogP contribution in [0, 0.1) is 17.3 Å². The van der Waals surface area contributed by atoms with E-state index in [-0.39, 0.29) is 29.9 Å². The molecule has 0 radical (unpaired) electrons. The summed E-state index contributed by atoms with van der Waals surface area (Å²) in [5, 5.41) is 12.1. The van der Waals surface area contributed by atoms with Crippen molar-refractivity contribution in [2.24, 2.45) is 17.3 Å². The van der Waals surface area contributed by atoms with Crippen LogP contribution in [0.4, 0.5) is 0 Å². The van der Waals surface area contributed by atoms with E-state index >= 15 is 0 Å². The highest BCUT2D eigenvalue weighted by Crippen LogP contribution is 2.39. The maximum Gasteiger partial charge on any atom is 0.226 e. The first-order chi connectivity index (χ1) is 7.89. The molecule has 2 unspecified atom stereocenters. The summed E-state index contributed by atoms with van der Waals surface area (Å²) in [5.41, 5.74) is -0.278. The molecule has 1 saturated carbocycles. The number of hydrogen-bond donors (Lipinski definition) is 2. The minimum absolute atomic E-state index is 0.0354. The van der Waals surface area contributed by atoms with E-state index in [0.717, 1.165) is 0 Å². The molecule has 1 aliphatic carbocycles. The quantitative estimate of drug-likeness (QED) is 0.776. The summed E-state index contributed by atoms with van der Waals surface area (Å²) < 4.78 is 0. The van der Waals surface area contributed by atoms with E-state index in [9.17, 15) is 4.79 Å². The van der Waals surface area contributed by atoms with Crippen molar-refractivity contribution in [1.29, 1.82) is 0 Å². The van der Waals surface area contributed by atoms with Gasteiger partial charge in [0, 0.05) is 18.1 Å². The van der Waals surface area contributed by atoms with Crippen LogP contribution in [0.1, 0.15) is 53.4 Å². The summed E-state index contributed by atoms with van der Waals surface area (Å²) in [7, 11) is 0. The number of aliphatic hydroxyl groups excluding tert-OH is 1. The van der Waals surface area contributed by atoms with Gasteiger partial charge in [-0.1, -0.05) is 33.6 Å². The fraction of sp³-hybridized carbons (Fsp3) is 0.929. The van der Waals surface area contributed by atoms with Crippen LogP contribution in [0.15, 0.2) is 0 Å². The third-order valence-corrected chi connectivity index (χ3v) is 4.46. The van der Waals surface area contributed by atoms with Crippen molar-refractivity contribution in [2.45, 2.75) is 59.4 Å². The number of amides is 1. The number of nitrogens with one attached hydrogen (secondary N) is 1. The topological polar surface area (TPSA) is 49.3 Å². The van der Waals surface area contributed by atoms with Gasteiger partial charge in [0.2, 0.25) is 5.91 Å². The van der Waals surface area contributed by atoms with Gasteiger partial charge in [0.25, 0.3) is 0 Å².